The maximum Gasteiger partial charge on any atom is 0.244 e. The smallest absolute Gasteiger partial charge is 0.244 e. The van der Waals surface area contributed by atoms with Gasteiger partial charge in [-0.3, -0.25) is 9.78 Å². The predicted molar refractivity (Wildman–Crippen MR) is 83.9 cm³/mol. The molecule has 2 rings (SSSR count). The van der Waals surface area contributed by atoms with Gasteiger partial charge in [-0.2, -0.15) is 0 Å². The van der Waals surface area contributed by atoms with Crippen LogP contribution in [0.25, 0.3) is 6.08 Å². The molecule has 1 aromatic heterocycles. The highest BCUT2D eigenvalue weighted by molar-refractivity contribution is 9.10. The van der Waals surface area contributed by atoms with E-state index in [9.17, 15) is 9.18 Å². The lowest BCUT2D eigenvalue weighted by molar-refractivity contribution is -0.117. The number of rotatable bonds is 4. The summed E-state index contributed by atoms with van der Waals surface area (Å²) in [6.07, 6.45) is 6.14. The van der Waals surface area contributed by atoms with E-state index in [1.54, 1.807) is 24.5 Å². The van der Waals surface area contributed by atoms with Gasteiger partial charge in [0.25, 0.3) is 0 Å². The zero-order chi connectivity index (χ0) is 15.2. The molecule has 0 fully saturated rings. The number of aromatic nitrogens is 1. The first-order valence-corrected chi connectivity index (χ1v) is 7.19. The number of carbonyl (C=O) groups excluding carboxylic acids is 1. The topological polar surface area (TPSA) is 42.0 Å². The summed E-state index contributed by atoms with van der Waals surface area (Å²) in [4.78, 5) is 15.8. The molecule has 0 radical (unpaired) electrons. The van der Waals surface area contributed by atoms with E-state index in [4.69, 9.17) is 0 Å². The number of halogens is 2. The lowest BCUT2D eigenvalue weighted by Crippen LogP contribution is -2.24. The molecule has 0 aliphatic rings. The Labute approximate surface area is 131 Å². The summed E-state index contributed by atoms with van der Waals surface area (Å²) in [6, 6.07) is 8.10. The largest absolute Gasteiger partial charge is 0.346 e. The Bertz CT molecular complexity index is 659. The lowest BCUT2D eigenvalue weighted by atomic mass is 10.1. The first kappa shape index (κ1) is 15.4. The predicted octanol–water partition coefficient (Wildman–Crippen LogP) is 3.87. The van der Waals surface area contributed by atoms with Gasteiger partial charge in [0.05, 0.1) is 6.04 Å². The SMILES string of the molecule is CC(NC(=O)/C=C/c1cc(Br)ccc1F)c1cccnc1. The van der Waals surface area contributed by atoms with Crippen molar-refractivity contribution in [1.82, 2.24) is 10.3 Å². The summed E-state index contributed by atoms with van der Waals surface area (Å²) in [7, 11) is 0. The van der Waals surface area contributed by atoms with Crippen molar-refractivity contribution >= 4 is 27.9 Å². The van der Waals surface area contributed by atoms with Crippen molar-refractivity contribution in [3.63, 3.8) is 0 Å². The summed E-state index contributed by atoms with van der Waals surface area (Å²) < 4.78 is 14.3. The van der Waals surface area contributed by atoms with Crippen LogP contribution in [0.4, 0.5) is 4.39 Å². The normalized spacial score (nSPS) is 12.3. The Morgan fingerprint density at radius 1 is 1.43 bits per heavy atom. The molecule has 1 N–H and O–H groups in total. The fraction of sp³-hybridized carbons (Fsp3) is 0.125. The quantitative estimate of drug-likeness (QED) is 0.852. The Balaban J connectivity index is 2.01. The first-order chi connectivity index (χ1) is 10.1. The summed E-state index contributed by atoms with van der Waals surface area (Å²) >= 11 is 3.27. The van der Waals surface area contributed by atoms with E-state index in [1.165, 1.54) is 18.2 Å². The fourth-order valence-corrected chi connectivity index (χ4v) is 2.16. The molecule has 1 atom stereocenters. The fourth-order valence-electron chi connectivity index (χ4n) is 1.78. The van der Waals surface area contributed by atoms with Crippen LogP contribution in [0, 0.1) is 5.82 Å². The third-order valence-electron chi connectivity index (χ3n) is 2.92. The Kier molecular flexibility index (Phi) is 5.22. The number of benzene rings is 1. The molecule has 0 aliphatic carbocycles. The molecule has 1 heterocycles. The molecule has 0 saturated heterocycles. The van der Waals surface area contributed by atoms with Gasteiger partial charge in [0.15, 0.2) is 0 Å². The number of hydrogen-bond acceptors (Lipinski definition) is 2. The Hall–Kier alpha value is -2.01. The molecule has 5 heteroatoms. The maximum atomic E-state index is 13.5. The molecule has 21 heavy (non-hydrogen) atoms. The molecular formula is C16H14BrFN2O. The van der Waals surface area contributed by atoms with Crippen LogP contribution in [-0.2, 0) is 4.79 Å². The highest BCUT2D eigenvalue weighted by Gasteiger charge is 2.07. The minimum Gasteiger partial charge on any atom is -0.346 e. The van der Waals surface area contributed by atoms with Crippen LogP contribution >= 0.6 is 15.9 Å². The molecule has 0 bridgehead atoms. The molecule has 108 valence electrons. The van der Waals surface area contributed by atoms with Crippen molar-refractivity contribution in [1.29, 1.82) is 0 Å². The number of nitrogens with zero attached hydrogens (tertiary/aromatic N) is 1. The molecule has 0 aliphatic heterocycles. The van der Waals surface area contributed by atoms with Crippen LogP contribution in [-0.4, -0.2) is 10.9 Å². The number of carbonyl (C=O) groups is 1. The van der Waals surface area contributed by atoms with Gasteiger partial charge >= 0.3 is 0 Å². The Morgan fingerprint density at radius 3 is 2.95 bits per heavy atom. The van der Waals surface area contributed by atoms with E-state index in [2.05, 4.69) is 26.2 Å². The van der Waals surface area contributed by atoms with Crippen molar-refractivity contribution in [3.8, 4) is 0 Å². The highest BCUT2D eigenvalue weighted by atomic mass is 79.9. The van der Waals surface area contributed by atoms with E-state index in [0.717, 1.165) is 10.0 Å². The van der Waals surface area contributed by atoms with Crippen LogP contribution in [0.3, 0.4) is 0 Å². The lowest BCUT2D eigenvalue weighted by Gasteiger charge is -2.12. The van der Waals surface area contributed by atoms with Crippen LogP contribution in [0.5, 0.6) is 0 Å². The van der Waals surface area contributed by atoms with Gasteiger partial charge < -0.3 is 5.32 Å². The van der Waals surface area contributed by atoms with Gasteiger partial charge in [-0.25, -0.2) is 4.39 Å². The number of pyridine rings is 1. The number of amides is 1. The summed E-state index contributed by atoms with van der Waals surface area (Å²) in [5.74, 6) is -0.659. The number of nitrogens with one attached hydrogen (secondary N) is 1. The van der Waals surface area contributed by atoms with E-state index >= 15 is 0 Å². The molecule has 0 spiro atoms. The summed E-state index contributed by atoms with van der Waals surface area (Å²) in [6.45, 7) is 1.86. The molecule has 1 aromatic carbocycles. The molecular weight excluding hydrogens is 335 g/mol. The van der Waals surface area contributed by atoms with E-state index < -0.39 is 0 Å². The second kappa shape index (κ2) is 7.13. The van der Waals surface area contributed by atoms with Crippen molar-refractivity contribution in [2.75, 3.05) is 0 Å². The van der Waals surface area contributed by atoms with Crippen LogP contribution < -0.4 is 5.32 Å². The van der Waals surface area contributed by atoms with Gasteiger partial charge in [0.2, 0.25) is 5.91 Å². The van der Waals surface area contributed by atoms with Gasteiger partial charge in [-0.1, -0.05) is 22.0 Å². The second-order valence-corrected chi connectivity index (χ2v) is 5.43. The van der Waals surface area contributed by atoms with Crippen molar-refractivity contribution in [2.45, 2.75) is 13.0 Å². The van der Waals surface area contributed by atoms with E-state index in [0.29, 0.717) is 5.56 Å². The van der Waals surface area contributed by atoms with Crippen molar-refractivity contribution < 1.29 is 9.18 Å². The average Bonchev–Trinajstić information content (AvgIpc) is 2.49. The summed E-state index contributed by atoms with van der Waals surface area (Å²) in [5, 5.41) is 2.80. The van der Waals surface area contributed by atoms with Crippen LogP contribution in [0.1, 0.15) is 24.1 Å². The van der Waals surface area contributed by atoms with Gasteiger partial charge in [-0.15, -0.1) is 0 Å². The molecule has 1 amide bonds. The molecule has 2 aromatic rings. The zero-order valence-electron chi connectivity index (χ0n) is 11.4. The standard InChI is InChI=1S/C16H14BrFN2O/c1-11(13-3-2-8-19-10-13)20-16(21)7-4-12-9-14(17)5-6-15(12)18/h2-11H,1H3,(H,20,21)/b7-4+. The number of hydrogen-bond donors (Lipinski definition) is 1. The van der Waals surface area contributed by atoms with E-state index in [-0.39, 0.29) is 17.8 Å². The van der Waals surface area contributed by atoms with Crippen LogP contribution in [0.15, 0.2) is 53.3 Å². The Morgan fingerprint density at radius 2 is 2.24 bits per heavy atom. The monoisotopic (exact) mass is 348 g/mol. The molecule has 3 nitrogen and oxygen atoms in total. The highest BCUT2D eigenvalue weighted by Crippen LogP contribution is 2.17. The third kappa shape index (κ3) is 4.49. The first-order valence-electron chi connectivity index (χ1n) is 6.40. The van der Waals surface area contributed by atoms with Gasteiger partial charge in [-0.05, 0) is 42.8 Å². The van der Waals surface area contributed by atoms with Gasteiger partial charge in [0, 0.05) is 28.5 Å². The van der Waals surface area contributed by atoms with Crippen molar-refractivity contribution in [3.05, 3.63) is 70.2 Å². The van der Waals surface area contributed by atoms with Crippen molar-refractivity contribution in [2.24, 2.45) is 0 Å². The minimum atomic E-state index is -0.373. The summed E-state index contributed by atoms with van der Waals surface area (Å²) in [5.41, 5.74) is 1.27. The molecule has 1 unspecified atom stereocenters. The minimum absolute atomic E-state index is 0.164. The average molecular weight is 349 g/mol. The van der Waals surface area contributed by atoms with Crippen LogP contribution in [0.2, 0.25) is 0 Å². The second-order valence-electron chi connectivity index (χ2n) is 4.52. The maximum absolute atomic E-state index is 13.5. The third-order valence-corrected chi connectivity index (χ3v) is 3.41. The molecule has 0 saturated carbocycles. The van der Waals surface area contributed by atoms with Gasteiger partial charge in [0.1, 0.15) is 5.82 Å². The zero-order valence-corrected chi connectivity index (χ0v) is 13.0. The van der Waals surface area contributed by atoms with E-state index in [1.807, 2.05) is 19.1 Å².